The maximum atomic E-state index is 12.8. The van der Waals surface area contributed by atoms with Gasteiger partial charge in [0, 0.05) is 26.7 Å². The number of carbonyl (C=O) groups excluding carboxylic acids is 1. The van der Waals surface area contributed by atoms with Gasteiger partial charge in [0.05, 0.1) is 33.1 Å². The van der Waals surface area contributed by atoms with Crippen molar-refractivity contribution in [2.75, 3.05) is 47.8 Å². The van der Waals surface area contributed by atoms with Crippen LogP contribution in [-0.4, -0.2) is 53.4 Å². The topological polar surface area (TPSA) is 89.1 Å². The number of ether oxygens (including phenoxy) is 3. The van der Waals surface area contributed by atoms with Crippen LogP contribution >= 0.6 is 0 Å². The maximum Gasteiger partial charge on any atom is 0.317 e. The third-order valence-corrected chi connectivity index (χ3v) is 5.51. The molecule has 166 valence electrons. The molecular weight excluding hydrogens is 398 g/mol. The summed E-state index contributed by atoms with van der Waals surface area (Å²) in [5.41, 5.74) is 3.65. The molecule has 2 amide bonds. The lowest BCUT2D eigenvalue weighted by Crippen LogP contribution is -2.37. The molecule has 2 aromatic carbocycles. The molecule has 0 bridgehead atoms. The van der Waals surface area contributed by atoms with Gasteiger partial charge in [0.2, 0.25) is 11.2 Å². The number of urea groups is 1. The quantitative estimate of drug-likeness (QED) is 0.763. The fourth-order valence-electron chi connectivity index (χ4n) is 3.95. The fourth-order valence-corrected chi connectivity index (χ4v) is 3.95. The first-order valence-electron chi connectivity index (χ1n) is 10.0. The second-order valence-electron chi connectivity index (χ2n) is 7.49. The smallest absolute Gasteiger partial charge is 0.317 e. The van der Waals surface area contributed by atoms with E-state index in [1.807, 2.05) is 12.1 Å². The van der Waals surface area contributed by atoms with Gasteiger partial charge in [-0.25, -0.2) is 4.79 Å². The molecule has 0 heterocycles. The van der Waals surface area contributed by atoms with Gasteiger partial charge in [0.25, 0.3) is 0 Å². The van der Waals surface area contributed by atoms with E-state index in [4.69, 9.17) is 14.2 Å². The van der Waals surface area contributed by atoms with Gasteiger partial charge < -0.3 is 29.7 Å². The lowest BCUT2D eigenvalue weighted by molar-refractivity contribution is 0.212. The number of aryl methyl sites for hydroxylation is 1. The molecule has 1 aliphatic carbocycles. The maximum absolute atomic E-state index is 12.8. The van der Waals surface area contributed by atoms with Crippen LogP contribution in [-0.2, 0) is 6.42 Å². The second-order valence-corrected chi connectivity index (χ2v) is 7.49. The number of fused-ring (bicyclic) bond motifs is 3. The zero-order valence-electron chi connectivity index (χ0n) is 18.8. The van der Waals surface area contributed by atoms with Crippen molar-refractivity contribution in [2.45, 2.75) is 18.9 Å². The summed E-state index contributed by atoms with van der Waals surface area (Å²) < 4.78 is 16.9. The van der Waals surface area contributed by atoms with Crippen molar-refractivity contribution in [3.8, 4) is 28.4 Å². The predicted molar refractivity (Wildman–Crippen MR) is 121 cm³/mol. The number of hydrogen-bond donors (Lipinski definition) is 2. The Hall–Kier alpha value is -3.42. The highest BCUT2D eigenvalue weighted by atomic mass is 16.5. The summed E-state index contributed by atoms with van der Waals surface area (Å²) in [7, 11) is 9.79. The number of methoxy groups -OCH3 is 3. The molecule has 0 fully saturated rings. The van der Waals surface area contributed by atoms with Crippen molar-refractivity contribution in [1.29, 1.82) is 0 Å². The minimum atomic E-state index is -0.358. The largest absolute Gasteiger partial charge is 0.493 e. The zero-order chi connectivity index (χ0) is 22.7. The van der Waals surface area contributed by atoms with Crippen LogP contribution < -0.4 is 30.3 Å². The third kappa shape index (κ3) is 4.10. The van der Waals surface area contributed by atoms with Crippen molar-refractivity contribution in [1.82, 2.24) is 10.2 Å². The molecule has 0 aliphatic heterocycles. The summed E-state index contributed by atoms with van der Waals surface area (Å²) in [5, 5.41) is 5.98. The van der Waals surface area contributed by atoms with E-state index in [0.717, 1.165) is 22.3 Å². The van der Waals surface area contributed by atoms with E-state index in [9.17, 15) is 9.59 Å². The molecule has 0 radical (unpaired) electrons. The summed E-state index contributed by atoms with van der Waals surface area (Å²) >= 11 is 0. The number of amides is 2. The third-order valence-electron chi connectivity index (χ3n) is 5.51. The molecule has 3 rings (SSSR count). The number of nitrogens with one attached hydrogen (secondary N) is 2. The predicted octanol–water partition coefficient (Wildman–Crippen LogP) is 3.04. The minimum Gasteiger partial charge on any atom is -0.493 e. The Bertz CT molecular complexity index is 1050. The molecule has 0 spiro atoms. The lowest BCUT2D eigenvalue weighted by Gasteiger charge is -2.21. The van der Waals surface area contributed by atoms with E-state index in [1.165, 1.54) is 4.90 Å². The van der Waals surface area contributed by atoms with Gasteiger partial charge in [-0.3, -0.25) is 4.79 Å². The number of carbonyl (C=O) groups is 1. The van der Waals surface area contributed by atoms with Crippen LogP contribution in [0, 0.1) is 0 Å². The van der Waals surface area contributed by atoms with E-state index < -0.39 is 0 Å². The first kappa shape index (κ1) is 22.3. The lowest BCUT2D eigenvalue weighted by atomic mass is 9.95. The monoisotopic (exact) mass is 427 g/mol. The van der Waals surface area contributed by atoms with Gasteiger partial charge in [-0.05, 0) is 47.7 Å². The number of benzene rings is 1. The average Bonchev–Trinajstić information content (AvgIpc) is 3.00. The molecule has 1 atom stereocenters. The Morgan fingerprint density at radius 2 is 1.77 bits per heavy atom. The Kier molecular flexibility index (Phi) is 6.58. The molecule has 31 heavy (non-hydrogen) atoms. The van der Waals surface area contributed by atoms with Gasteiger partial charge in [0.15, 0.2) is 11.5 Å². The van der Waals surface area contributed by atoms with Crippen molar-refractivity contribution in [3.05, 3.63) is 45.6 Å². The van der Waals surface area contributed by atoms with Gasteiger partial charge in [0.1, 0.15) is 0 Å². The van der Waals surface area contributed by atoms with Crippen LogP contribution in [0.25, 0.3) is 11.1 Å². The SMILES string of the molecule is CNc1ccc2c(cc1=O)[C@@H](NC(=O)N(C)C)CCc1cc(OC)c(OC)c(OC)c1-2. The standard InChI is InChI=1S/C23H29N3O5/c1-24-17-10-8-14-15(12-18(17)27)16(25-23(28)26(2)3)9-7-13-11-19(29-4)21(30-5)22(31-6)20(13)14/h8,10-12,16H,7,9H2,1-6H3,(H,24,27)(H,25,28)/t16-/m0/s1. The van der Waals surface area contributed by atoms with Gasteiger partial charge >= 0.3 is 6.03 Å². The fraction of sp³-hybridized carbons (Fsp3) is 0.391. The number of hydrogen-bond acceptors (Lipinski definition) is 6. The highest BCUT2D eigenvalue weighted by Crippen LogP contribution is 2.50. The summed E-state index contributed by atoms with van der Waals surface area (Å²) in [4.78, 5) is 26.8. The average molecular weight is 428 g/mol. The first-order valence-corrected chi connectivity index (χ1v) is 10.0. The summed E-state index contributed by atoms with van der Waals surface area (Å²) in [6, 6.07) is 6.57. The second kappa shape index (κ2) is 9.16. The molecule has 2 aromatic rings. The molecule has 0 saturated heterocycles. The molecule has 0 unspecified atom stereocenters. The van der Waals surface area contributed by atoms with Crippen LogP contribution in [0.3, 0.4) is 0 Å². The Morgan fingerprint density at radius 1 is 1.06 bits per heavy atom. The van der Waals surface area contributed by atoms with Crippen LogP contribution in [0.1, 0.15) is 23.6 Å². The molecule has 8 nitrogen and oxygen atoms in total. The normalized spacial score (nSPS) is 14.5. The molecule has 1 aliphatic rings. The Labute approximate surface area is 182 Å². The van der Waals surface area contributed by atoms with E-state index >= 15 is 0 Å². The van der Waals surface area contributed by atoms with E-state index in [0.29, 0.717) is 35.8 Å². The molecule has 2 N–H and O–H groups in total. The summed E-state index contributed by atoms with van der Waals surface area (Å²) in [6.45, 7) is 0. The van der Waals surface area contributed by atoms with Crippen molar-refractivity contribution < 1.29 is 19.0 Å². The van der Waals surface area contributed by atoms with Gasteiger partial charge in [-0.1, -0.05) is 6.07 Å². The number of rotatable bonds is 5. The number of anilines is 1. The number of nitrogens with zero attached hydrogens (tertiary/aromatic N) is 1. The molecule has 8 heteroatoms. The van der Waals surface area contributed by atoms with Crippen molar-refractivity contribution in [2.24, 2.45) is 0 Å². The zero-order valence-corrected chi connectivity index (χ0v) is 18.8. The van der Waals surface area contributed by atoms with Crippen molar-refractivity contribution >= 4 is 11.7 Å². The highest BCUT2D eigenvalue weighted by Gasteiger charge is 2.29. The molecular formula is C23H29N3O5. The Morgan fingerprint density at radius 3 is 2.35 bits per heavy atom. The van der Waals surface area contributed by atoms with E-state index in [1.54, 1.807) is 54.6 Å². The molecule has 0 saturated carbocycles. The summed E-state index contributed by atoms with van der Waals surface area (Å²) in [5.74, 6) is 1.58. The first-order chi connectivity index (χ1) is 14.9. The van der Waals surface area contributed by atoms with Crippen LogP contribution in [0.5, 0.6) is 17.2 Å². The summed E-state index contributed by atoms with van der Waals surface area (Å²) in [6.07, 6.45) is 1.26. The Balaban J connectivity index is 2.36. The van der Waals surface area contributed by atoms with E-state index in [2.05, 4.69) is 10.6 Å². The van der Waals surface area contributed by atoms with Crippen LogP contribution in [0.15, 0.2) is 29.1 Å². The minimum absolute atomic E-state index is 0.157. The molecule has 0 aromatic heterocycles. The van der Waals surface area contributed by atoms with Crippen LogP contribution in [0.4, 0.5) is 10.5 Å². The van der Waals surface area contributed by atoms with Crippen molar-refractivity contribution in [3.63, 3.8) is 0 Å². The van der Waals surface area contributed by atoms with Gasteiger partial charge in [-0.2, -0.15) is 0 Å². The van der Waals surface area contributed by atoms with Crippen LogP contribution in [0.2, 0.25) is 0 Å². The highest BCUT2D eigenvalue weighted by molar-refractivity contribution is 5.83. The van der Waals surface area contributed by atoms with E-state index in [-0.39, 0.29) is 17.5 Å². The van der Waals surface area contributed by atoms with Gasteiger partial charge in [-0.15, -0.1) is 0 Å².